The van der Waals surface area contributed by atoms with Crippen molar-refractivity contribution in [2.24, 2.45) is 0 Å². The first kappa shape index (κ1) is 14.3. The third-order valence-electron chi connectivity index (χ3n) is 3.12. The molecule has 1 saturated heterocycles. The number of hydrogen-bond donors (Lipinski definition) is 1. The number of rotatable bonds is 4. The number of nitrogens with zero attached hydrogens (tertiary/aromatic N) is 3. The molecule has 0 saturated carbocycles. The van der Waals surface area contributed by atoms with Crippen molar-refractivity contribution in [2.45, 2.75) is 25.9 Å². The fourth-order valence-corrected chi connectivity index (χ4v) is 2.11. The first-order valence-electron chi connectivity index (χ1n) is 6.79. The fourth-order valence-electron chi connectivity index (χ4n) is 2.11. The maximum atomic E-state index is 11.9. The van der Waals surface area contributed by atoms with Gasteiger partial charge in [0.05, 0.1) is 12.2 Å². The van der Waals surface area contributed by atoms with Gasteiger partial charge in [-0.2, -0.15) is 5.10 Å². The molecule has 6 nitrogen and oxygen atoms in total. The van der Waals surface area contributed by atoms with E-state index in [0.29, 0.717) is 19.0 Å². The molecule has 0 radical (unpaired) electrons. The number of urea groups is 1. The summed E-state index contributed by atoms with van der Waals surface area (Å²) in [4.78, 5) is 13.6. The molecule has 1 aromatic heterocycles. The molecule has 0 aromatic carbocycles. The van der Waals surface area contributed by atoms with E-state index >= 15 is 0 Å². The highest BCUT2D eigenvalue weighted by Gasteiger charge is 2.24. The summed E-state index contributed by atoms with van der Waals surface area (Å²) in [6, 6.07) is 3.59. The molecular formula is C14H20N4O2. The lowest BCUT2D eigenvalue weighted by Gasteiger charge is -2.32. The van der Waals surface area contributed by atoms with E-state index in [-0.39, 0.29) is 12.1 Å². The summed E-state index contributed by atoms with van der Waals surface area (Å²) in [6.45, 7) is 7.26. The SMILES string of the molecule is C=CCNC(=O)N1CCCC(Oc2ccc(C)nn2)C1. The predicted molar refractivity (Wildman–Crippen MR) is 75.6 cm³/mol. The average Bonchev–Trinajstić information content (AvgIpc) is 2.47. The minimum Gasteiger partial charge on any atom is -0.471 e. The van der Waals surface area contributed by atoms with E-state index in [1.54, 1.807) is 17.0 Å². The van der Waals surface area contributed by atoms with E-state index in [9.17, 15) is 4.79 Å². The lowest BCUT2D eigenvalue weighted by molar-refractivity contribution is 0.0973. The largest absolute Gasteiger partial charge is 0.471 e. The number of ether oxygens (including phenoxy) is 1. The Morgan fingerprint density at radius 2 is 2.45 bits per heavy atom. The van der Waals surface area contributed by atoms with Crippen molar-refractivity contribution in [3.63, 3.8) is 0 Å². The molecule has 2 amide bonds. The van der Waals surface area contributed by atoms with Crippen LogP contribution in [0, 0.1) is 6.92 Å². The summed E-state index contributed by atoms with van der Waals surface area (Å²) < 4.78 is 5.78. The fraction of sp³-hybridized carbons (Fsp3) is 0.500. The summed E-state index contributed by atoms with van der Waals surface area (Å²) >= 11 is 0. The smallest absolute Gasteiger partial charge is 0.317 e. The van der Waals surface area contributed by atoms with Gasteiger partial charge in [0.15, 0.2) is 0 Å². The Morgan fingerprint density at radius 3 is 3.15 bits per heavy atom. The van der Waals surface area contributed by atoms with Crippen molar-refractivity contribution < 1.29 is 9.53 Å². The summed E-state index contributed by atoms with van der Waals surface area (Å²) in [5.74, 6) is 0.508. The van der Waals surface area contributed by atoms with Gasteiger partial charge in [0.25, 0.3) is 0 Å². The minimum absolute atomic E-state index is 0.0322. The Hall–Kier alpha value is -2.11. The molecule has 6 heteroatoms. The third kappa shape index (κ3) is 3.94. The zero-order chi connectivity index (χ0) is 14.4. The second kappa shape index (κ2) is 6.88. The van der Waals surface area contributed by atoms with Crippen LogP contribution in [0.2, 0.25) is 0 Å². The normalized spacial score (nSPS) is 18.4. The first-order chi connectivity index (χ1) is 9.69. The van der Waals surface area contributed by atoms with Gasteiger partial charge in [-0.15, -0.1) is 11.7 Å². The number of carbonyl (C=O) groups excluding carboxylic acids is 1. The Balaban J connectivity index is 1.88. The van der Waals surface area contributed by atoms with Crippen molar-refractivity contribution in [3.05, 3.63) is 30.5 Å². The van der Waals surface area contributed by atoms with Gasteiger partial charge in [-0.25, -0.2) is 4.79 Å². The predicted octanol–water partition coefficient (Wildman–Crippen LogP) is 1.52. The van der Waals surface area contributed by atoms with Gasteiger partial charge >= 0.3 is 6.03 Å². The second-order valence-corrected chi connectivity index (χ2v) is 4.82. The van der Waals surface area contributed by atoms with Crippen LogP contribution in [0.15, 0.2) is 24.8 Å². The van der Waals surface area contributed by atoms with Crippen LogP contribution in [-0.4, -0.2) is 46.9 Å². The highest BCUT2D eigenvalue weighted by Crippen LogP contribution is 2.16. The second-order valence-electron chi connectivity index (χ2n) is 4.82. The lowest BCUT2D eigenvalue weighted by atomic mass is 10.1. The van der Waals surface area contributed by atoms with Gasteiger partial charge in [0, 0.05) is 19.2 Å². The van der Waals surface area contributed by atoms with Crippen molar-refractivity contribution in [3.8, 4) is 5.88 Å². The highest BCUT2D eigenvalue weighted by atomic mass is 16.5. The van der Waals surface area contributed by atoms with E-state index in [4.69, 9.17) is 4.74 Å². The lowest BCUT2D eigenvalue weighted by Crippen LogP contribution is -2.48. The Bertz CT molecular complexity index is 461. The maximum Gasteiger partial charge on any atom is 0.317 e. The van der Waals surface area contributed by atoms with Gasteiger partial charge in [-0.05, 0) is 25.8 Å². The zero-order valence-electron chi connectivity index (χ0n) is 11.7. The van der Waals surface area contributed by atoms with Crippen LogP contribution in [0.4, 0.5) is 4.79 Å². The van der Waals surface area contributed by atoms with Crippen LogP contribution in [0.25, 0.3) is 0 Å². The number of likely N-dealkylation sites (tertiary alicyclic amines) is 1. The number of nitrogens with one attached hydrogen (secondary N) is 1. The van der Waals surface area contributed by atoms with Gasteiger partial charge in [-0.1, -0.05) is 6.08 Å². The van der Waals surface area contributed by atoms with Crippen LogP contribution in [0.3, 0.4) is 0 Å². The standard InChI is InChI=1S/C14H20N4O2/c1-3-8-15-14(19)18-9-4-5-12(10-18)20-13-7-6-11(2)16-17-13/h3,6-7,12H,1,4-5,8-10H2,2H3,(H,15,19). The summed E-state index contributed by atoms with van der Waals surface area (Å²) in [6.07, 6.45) is 3.47. The van der Waals surface area contributed by atoms with Gasteiger partial charge in [-0.3, -0.25) is 0 Å². The van der Waals surface area contributed by atoms with Crippen molar-refractivity contribution in [2.75, 3.05) is 19.6 Å². The van der Waals surface area contributed by atoms with Crippen molar-refractivity contribution in [1.29, 1.82) is 0 Å². The van der Waals surface area contributed by atoms with E-state index in [1.807, 2.05) is 13.0 Å². The molecule has 1 atom stereocenters. The molecule has 1 unspecified atom stereocenters. The minimum atomic E-state index is -0.0757. The molecule has 2 heterocycles. The summed E-state index contributed by atoms with van der Waals surface area (Å²) in [7, 11) is 0. The van der Waals surface area contributed by atoms with E-state index in [1.165, 1.54) is 0 Å². The zero-order valence-corrected chi connectivity index (χ0v) is 11.7. The van der Waals surface area contributed by atoms with Crippen LogP contribution >= 0.6 is 0 Å². The number of piperidine rings is 1. The van der Waals surface area contributed by atoms with Crippen LogP contribution in [0.5, 0.6) is 5.88 Å². The molecule has 108 valence electrons. The molecule has 0 bridgehead atoms. The molecule has 1 aliphatic heterocycles. The molecular weight excluding hydrogens is 256 g/mol. The van der Waals surface area contributed by atoms with Crippen molar-refractivity contribution in [1.82, 2.24) is 20.4 Å². The molecule has 0 spiro atoms. The summed E-state index contributed by atoms with van der Waals surface area (Å²) in [5, 5.41) is 10.7. The average molecular weight is 276 g/mol. The number of amides is 2. The Morgan fingerprint density at radius 1 is 1.60 bits per heavy atom. The van der Waals surface area contributed by atoms with Crippen LogP contribution < -0.4 is 10.1 Å². The molecule has 0 aliphatic carbocycles. The number of aromatic nitrogens is 2. The maximum absolute atomic E-state index is 11.9. The van der Waals surface area contributed by atoms with Crippen molar-refractivity contribution >= 4 is 6.03 Å². The Labute approximate surface area is 118 Å². The Kier molecular flexibility index (Phi) is 4.92. The highest BCUT2D eigenvalue weighted by molar-refractivity contribution is 5.74. The number of aryl methyl sites for hydroxylation is 1. The third-order valence-corrected chi connectivity index (χ3v) is 3.12. The van der Waals surface area contributed by atoms with E-state index in [2.05, 4.69) is 22.1 Å². The van der Waals surface area contributed by atoms with E-state index < -0.39 is 0 Å². The molecule has 1 fully saturated rings. The molecule has 1 aliphatic rings. The first-order valence-corrected chi connectivity index (χ1v) is 6.79. The molecule has 1 aromatic rings. The van der Waals surface area contributed by atoms with E-state index in [0.717, 1.165) is 25.1 Å². The van der Waals surface area contributed by atoms with Gasteiger partial charge in [0.1, 0.15) is 6.10 Å². The molecule has 20 heavy (non-hydrogen) atoms. The summed E-state index contributed by atoms with van der Waals surface area (Å²) in [5.41, 5.74) is 0.853. The molecule has 2 rings (SSSR count). The number of hydrogen-bond acceptors (Lipinski definition) is 4. The number of carbonyl (C=O) groups is 1. The molecule has 1 N–H and O–H groups in total. The van der Waals surface area contributed by atoms with Gasteiger partial charge < -0.3 is 15.0 Å². The quantitative estimate of drug-likeness (QED) is 0.847. The van der Waals surface area contributed by atoms with Crippen LogP contribution in [0.1, 0.15) is 18.5 Å². The van der Waals surface area contributed by atoms with Gasteiger partial charge in [0.2, 0.25) is 5.88 Å². The van der Waals surface area contributed by atoms with Crippen LogP contribution in [-0.2, 0) is 0 Å². The topological polar surface area (TPSA) is 67.4 Å². The monoisotopic (exact) mass is 276 g/mol.